The van der Waals surface area contributed by atoms with E-state index in [0.717, 1.165) is 11.8 Å². The topological polar surface area (TPSA) is 192 Å². The lowest BCUT2D eigenvalue weighted by molar-refractivity contribution is -0.159. The van der Waals surface area contributed by atoms with Crippen molar-refractivity contribution in [1.29, 1.82) is 10.5 Å². The van der Waals surface area contributed by atoms with Gasteiger partial charge in [-0.05, 0) is 64.0 Å². The Bertz CT molecular complexity index is 1540. The number of carboxylic acids is 1. The van der Waals surface area contributed by atoms with Crippen LogP contribution in [0.1, 0.15) is 88.8 Å². The van der Waals surface area contributed by atoms with Gasteiger partial charge in [-0.1, -0.05) is 62.9 Å². The maximum atomic E-state index is 12.7. The van der Waals surface area contributed by atoms with Crippen molar-refractivity contribution in [2.75, 3.05) is 18.0 Å². The lowest BCUT2D eigenvalue weighted by Crippen LogP contribution is -2.66. The summed E-state index contributed by atoms with van der Waals surface area (Å²) in [5.41, 5.74) is 4.96. The van der Waals surface area contributed by atoms with Crippen molar-refractivity contribution < 1.29 is 29.0 Å². The van der Waals surface area contributed by atoms with Gasteiger partial charge in [0.25, 0.3) is 0 Å². The number of carbonyl (C=O) groups is 3. The van der Waals surface area contributed by atoms with Crippen molar-refractivity contribution in [3.05, 3.63) is 52.6 Å². The quantitative estimate of drug-likeness (QED) is 0.256. The summed E-state index contributed by atoms with van der Waals surface area (Å²) in [6, 6.07) is 13.4. The maximum absolute atomic E-state index is 12.7. The molecule has 47 heavy (non-hydrogen) atoms. The number of benzene rings is 1. The standard InChI is InChI=1S/C34H44N6O6S/c1-8-24-25(18-35)29(38-30(26(24)19-36)47-27(28(37)41)22-12-10-9-11-13-22)40-16-14-23(15-17-40)45-21(4)34(20(2)3,31(42)43)39-32(44)46-33(5,6)7/h9-13,20-21,23,27H,8,14-17H2,1-7H3,(H2,37,41)(H,39,44)(H,42,43)/t21?,27?,34-/m0/s1. The first kappa shape index (κ1) is 37.1. The number of anilines is 1. The third kappa shape index (κ3) is 8.53. The smallest absolute Gasteiger partial charge is 0.408 e. The van der Waals surface area contributed by atoms with Gasteiger partial charge in [0, 0.05) is 13.1 Å². The van der Waals surface area contributed by atoms with Crippen molar-refractivity contribution >= 4 is 35.5 Å². The number of hydrogen-bond acceptors (Lipinski definition) is 10. The Kier molecular flexibility index (Phi) is 12.3. The summed E-state index contributed by atoms with van der Waals surface area (Å²) in [6.07, 6.45) is -0.745. The van der Waals surface area contributed by atoms with Crippen molar-refractivity contribution in [3.8, 4) is 12.1 Å². The van der Waals surface area contributed by atoms with Gasteiger partial charge < -0.3 is 30.5 Å². The molecular formula is C34H44N6O6S. The molecule has 0 aliphatic carbocycles. The van der Waals surface area contributed by atoms with E-state index in [9.17, 15) is 30.0 Å². The third-order valence-corrected chi connectivity index (χ3v) is 9.43. The van der Waals surface area contributed by atoms with E-state index < -0.39 is 46.4 Å². The number of nitriles is 2. The second kappa shape index (κ2) is 15.5. The van der Waals surface area contributed by atoms with Crippen LogP contribution in [0.3, 0.4) is 0 Å². The normalized spacial score (nSPS) is 16.3. The molecule has 3 rings (SSSR count). The van der Waals surface area contributed by atoms with Crippen LogP contribution in [-0.2, 0) is 25.5 Å². The molecule has 0 saturated carbocycles. The zero-order valence-electron chi connectivity index (χ0n) is 28.0. The first-order valence-electron chi connectivity index (χ1n) is 15.6. The van der Waals surface area contributed by atoms with E-state index in [4.69, 9.17) is 20.2 Å². The number of nitrogens with two attached hydrogens (primary N) is 1. The molecule has 0 spiro atoms. The summed E-state index contributed by atoms with van der Waals surface area (Å²) < 4.78 is 11.7. The first-order chi connectivity index (χ1) is 22.1. The average Bonchev–Trinajstić information content (AvgIpc) is 3.00. The number of nitrogens with one attached hydrogen (secondary N) is 1. The van der Waals surface area contributed by atoms with Crippen LogP contribution in [-0.4, -0.2) is 64.5 Å². The van der Waals surface area contributed by atoms with Crippen molar-refractivity contribution in [3.63, 3.8) is 0 Å². The summed E-state index contributed by atoms with van der Waals surface area (Å²) in [5.74, 6) is -1.94. The van der Waals surface area contributed by atoms with Crippen LogP contribution >= 0.6 is 11.8 Å². The molecule has 1 aliphatic heterocycles. The van der Waals surface area contributed by atoms with Gasteiger partial charge in [0.15, 0.2) is 5.54 Å². The average molecular weight is 665 g/mol. The van der Waals surface area contributed by atoms with Gasteiger partial charge in [-0.3, -0.25) is 4.79 Å². The number of carboxylic acid groups (broad SMARTS) is 1. The molecule has 252 valence electrons. The monoisotopic (exact) mass is 664 g/mol. The molecule has 0 bridgehead atoms. The Morgan fingerprint density at radius 1 is 1.11 bits per heavy atom. The van der Waals surface area contributed by atoms with Gasteiger partial charge in [0.1, 0.15) is 33.8 Å². The molecule has 2 heterocycles. The van der Waals surface area contributed by atoms with Crippen LogP contribution < -0.4 is 16.0 Å². The second-order valence-electron chi connectivity index (χ2n) is 12.8. The van der Waals surface area contributed by atoms with Crippen LogP contribution in [0.2, 0.25) is 0 Å². The Labute approximate surface area is 280 Å². The van der Waals surface area contributed by atoms with Crippen molar-refractivity contribution in [2.24, 2.45) is 11.7 Å². The molecule has 12 nitrogen and oxygen atoms in total. The number of carbonyl (C=O) groups excluding carboxylic acids is 2. The van der Waals surface area contributed by atoms with E-state index in [-0.39, 0.29) is 11.7 Å². The number of nitrogens with zero attached hydrogens (tertiary/aromatic N) is 4. The highest BCUT2D eigenvalue weighted by molar-refractivity contribution is 8.00. The van der Waals surface area contributed by atoms with E-state index in [1.54, 1.807) is 65.8 Å². The number of aromatic nitrogens is 1. The number of piperidine rings is 1. The van der Waals surface area contributed by atoms with Crippen LogP contribution in [0.5, 0.6) is 0 Å². The highest BCUT2D eigenvalue weighted by Gasteiger charge is 2.50. The number of pyridine rings is 1. The Balaban J connectivity index is 1.88. The summed E-state index contributed by atoms with van der Waals surface area (Å²) in [6.45, 7) is 12.8. The molecule has 0 radical (unpaired) electrons. The van der Waals surface area contributed by atoms with Gasteiger partial charge in [0.2, 0.25) is 5.91 Å². The van der Waals surface area contributed by atoms with E-state index in [0.29, 0.717) is 59.9 Å². The highest BCUT2D eigenvalue weighted by Crippen LogP contribution is 2.40. The lowest BCUT2D eigenvalue weighted by Gasteiger charge is -2.42. The number of rotatable bonds is 12. The number of aliphatic carboxylic acids is 1. The van der Waals surface area contributed by atoms with Gasteiger partial charge in [0.05, 0.1) is 23.3 Å². The second-order valence-corrected chi connectivity index (χ2v) is 13.9. The molecule has 3 atom stereocenters. The molecule has 13 heteroatoms. The molecule has 1 aromatic carbocycles. The summed E-state index contributed by atoms with van der Waals surface area (Å²) in [5, 5.41) is 32.7. The van der Waals surface area contributed by atoms with Crippen LogP contribution in [0, 0.1) is 28.6 Å². The Morgan fingerprint density at radius 3 is 2.17 bits per heavy atom. The minimum Gasteiger partial charge on any atom is -0.479 e. The fraction of sp³-hybridized carbons (Fsp3) is 0.529. The summed E-state index contributed by atoms with van der Waals surface area (Å²) in [7, 11) is 0. The molecule has 1 aliphatic rings. The summed E-state index contributed by atoms with van der Waals surface area (Å²) >= 11 is 1.08. The van der Waals surface area contributed by atoms with E-state index in [1.165, 1.54) is 0 Å². The first-order valence-corrected chi connectivity index (χ1v) is 16.5. The van der Waals surface area contributed by atoms with Gasteiger partial charge in [-0.25, -0.2) is 14.6 Å². The largest absolute Gasteiger partial charge is 0.479 e. The van der Waals surface area contributed by atoms with Crippen LogP contribution in [0.15, 0.2) is 35.4 Å². The minimum absolute atomic E-state index is 0.239. The van der Waals surface area contributed by atoms with E-state index >= 15 is 0 Å². The lowest BCUT2D eigenvalue weighted by atomic mass is 9.81. The van der Waals surface area contributed by atoms with Gasteiger partial charge in [-0.15, -0.1) is 0 Å². The maximum Gasteiger partial charge on any atom is 0.408 e. The minimum atomic E-state index is -1.75. The molecular weight excluding hydrogens is 620 g/mol. The number of amides is 2. The molecule has 2 aromatic rings. The Morgan fingerprint density at radius 2 is 1.70 bits per heavy atom. The SMILES string of the molecule is CCc1c(C#N)c(SC(C(N)=O)c2ccccc2)nc(N2CCC(OC(C)[C@](NC(=O)OC(C)(C)C)(C(=O)O)C(C)C)CC2)c1C#N. The number of thioether (sulfide) groups is 1. The molecule has 1 aromatic heterocycles. The predicted molar refractivity (Wildman–Crippen MR) is 178 cm³/mol. The Hall–Kier alpha value is -4.33. The fourth-order valence-electron chi connectivity index (χ4n) is 5.79. The predicted octanol–water partition coefficient (Wildman–Crippen LogP) is 5.08. The molecule has 2 amide bonds. The van der Waals surface area contributed by atoms with E-state index in [1.807, 2.05) is 17.9 Å². The number of alkyl carbamates (subject to hydrolysis) is 1. The third-order valence-electron chi connectivity index (χ3n) is 8.17. The van der Waals surface area contributed by atoms with Crippen LogP contribution in [0.25, 0.3) is 0 Å². The van der Waals surface area contributed by atoms with Crippen molar-refractivity contribution in [2.45, 2.75) is 101 Å². The number of ether oxygens (including phenoxy) is 2. The van der Waals surface area contributed by atoms with Crippen molar-refractivity contribution in [1.82, 2.24) is 10.3 Å². The van der Waals surface area contributed by atoms with Crippen LogP contribution in [0.4, 0.5) is 10.6 Å². The van der Waals surface area contributed by atoms with E-state index in [2.05, 4.69) is 17.5 Å². The van der Waals surface area contributed by atoms with Gasteiger partial charge in [-0.2, -0.15) is 10.5 Å². The molecule has 1 saturated heterocycles. The van der Waals surface area contributed by atoms with Gasteiger partial charge >= 0.3 is 12.1 Å². The zero-order valence-corrected chi connectivity index (χ0v) is 28.8. The molecule has 1 fully saturated rings. The fourth-order valence-corrected chi connectivity index (χ4v) is 6.85. The molecule has 4 N–H and O–H groups in total. The summed E-state index contributed by atoms with van der Waals surface area (Å²) in [4.78, 5) is 44.6. The highest BCUT2D eigenvalue weighted by atomic mass is 32.2. The molecule has 2 unspecified atom stereocenters. The number of primary amides is 1. The zero-order chi connectivity index (χ0) is 35.1. The number of hydrogen-bond donors (Lipinski definition) is 3.